The molecule has 26 heavy (non-hydrogen) atoms. The molecule has 0 unspecified atom stereocenters. The first kappa shape index (κ1) is 17.0. The lowest BCUT2D eigenvalue weighted by Crippen LogP contribution is -1.98. The number of hydrogen-bond donors (Lipinski definition) is 1. The van der Waals surface area contributed by atoms with Crippen LogP contribution in [0.5, 0.6) is 0 Å². The number of aromatic nitrogens is 4. The fourth-order valence-electron chi connectivity index (χ4n) is 2.96. The van der Waals surface area contributed by atoms with Gasteiger partial charge in [0.2, 0.25) is 0 Å². The maximum atomic E-state index is 6.43. The van der Waals surface area contributed by atoms with E-state index in [9.17, 15) is 0 Å². The maximum absolute atomic E-state index is 6.43. The lowest BCUT2D eigenvalue weighted by molar-refractivity contribution is 0.902. The Morgan fingerprint density at radius 2 is 1.85 bits per heavy atom. The molecule has 0 aromatic carbocycles. The van der Waals surface area contributed by atoms with Gasteiger partial charge in [0, 0.05) is 36.1 Å². The zero-order valence-electron chi connectivity index (χ0n) is 13.9. The van der Waals surface area contributed by atoms with E-state index in [4.69, 9.17) is 23.2 Å². The van der Waals surface area contributed by atoms with Crippen molar-refractivity contribution >= 4 is 34.2 Å². The van der Waals surface area contributed by atoms with Crippen LogP contribution in [-0.4, -0.2) is 19.9 Å². The summed E-state index contributed by atoms with van der Waals surface area (Å²) >= 11 is 12.2. The summed E-state index contributed by atoms with van der Waals surface area (Å²) in [4.78, 5) is 16.2. The first-order chi connectivity index (χ1) is 12.7. The van der Waals surface area contributed by atoms with E-state index < -0.39 is 0 Å². The van der Waals surface area contributed by atoms with Crippen LogP contribution in [0.25, 0.3) is 11.0 Å². The molecule has 0 aliphatic carbocycles. The van der Waals surface area contributed by atoms with Crippen molar-refractivity contribution < 1.29 is 0 Å². The quantitative estimate of drug-likeness (QED) is 0.492. The van der Waals surface area contributed by atoms with Gasteiger partial charge in [-0.15, -0.1) is 0 Å². The van der Waals surface area contributed by atoms with Crippen LogP contribution >= 0.6 is 23.2 Å². The molecule has 0 aliphatic rings. The second-order valence-electron chi connectivity index (χ2n) is 6.13. The molecule has 1 N–H and O–H groups in total. The highest BCUT2D eigenvalue weighted by molar-refractivity contribution is 6.30. The van der Waals surface area contributed by atoms with Gasteiger partial charge in [0.05, 0.1) is 0 Å². The molecule has 0 amide bonds. The van der Waals surface area contributed by atoms with E-state index in [2.05, 4.69) is 32.1 Å². The standard InChI is InChI=1S/C20H16Cl2N4/c21-18-8-4-13(11-24-18)3-6-16-7-5-14(19(22)26-16)10-15-12-25-20-17(15)2-1-9-23-20/h1-2,4-5,7-9,11-12H,3,6,10H2,(H,23,25). The van der Waals surface area contributed by atoms with Gasteiger partial charge in [-0.1, -0.05) is 35.3 Å². The lowest BCUT2D eigenvalue weighted by Gasteiger charge is -2.07. The van der Waals surface area contributed by atoms with Crippen LogP contribution in [0.15, 0.2) is 55.0 Å². The summed E-state index contributed by atoms with van der Waals surface area (Å²) in [5.41, 5.74) is 5.15. The Morgan fingerprint density at radius 1 is 0.923 bits per heavy atom. The average Bonchev–Trinajstić information content (AvgIpc) is 3.06. The SMILES string of the molecule is Clc1ccc(CCc2ccc(Cc3c[nH]c4ncccc34)c(Cl)n2)cn1. The van der Waals surface area contributed by atoms with Crippen molar-refractivity contribution in [3.8, 4) is 0 Å². The summed E-state index contributed by atoms with van der Waals surface area (Å²) in [5.74, 6) is 0. The topological polar surface area (TPSA) is 54.5 Å². The van der Waals surface area contributed by atoms with Gasteiger partial charge < -0.3 is 4.98 Å². The van der Waals surface area contributed by atoms with E-state index in [1.165, 1.54) is 0 Å². The molecule has 0 radical (unpaired) electrons. The van der Waals surface area contributed by atoms with E-state index in [1.807, 2.05) is 24.4 Å². The Labute approximate surface area is 161 Å². The minimum absolute atomic E-state index is 0.506. The molecule has 6 heteroatoms. The van der Waals surface area contributed by atoms with Gasteiger partial charge >= 0.3 is 0 Å². The van der Waals surface area contributed by atoms with Crippen molar-refractivity contribution in [1.29, 1.82) is 0 Å². The monoisotopic (exact) mass is 382 g/mol. The normalized spacial score (nSPS) is 11.2. The highest BCUT2D eigenvalue weighted by atomic mass is 35.5. The predicted octanol–water partition coefficient (Wildman–Crippen LogP) is 5.04. The highest BCUT2D eigenvalue weighted by Gasteiger charge is 2.09. The molecule has 0 fully saturated rings. The summed E-state index contributed by atoms with van der Waals surface area (Å²) in [6.07, 6.45) is 7.93. The van der Waals surface area contributed by atoms with Crippen molar-refractivity contribution in [3.05, 3.63) is 87.7 Å². The van der Waals surface area contributed by atoms with E-state index in [0.717, 1.165) is 52.7 Å². The Kier molecular flexibility index (Phi) is 4.87. The van der Waals surface area contributed by atoms with Crippen LogP contribution in [0.3, 0.4) is 0 Å². The van der Waals surface area contributed by atoms with Gasteiger partial charge in [-0.25, -0.2) is 15.0 Å². The number of rotatable bonds is 5. The molecule has 4 heterocycles. The molecule has 4 rings (SSSR count). The summed E-state index contributed by atoms with van der Waals surface area (Å²) in [7, 11) is 0. The Balaban J connectivity index is 1.48. The van der Waals surface area contributed by atoms with Crippen molar-refractivity contribution in [3.63, 3.8) is 0 Å². The van der Waals surface area contributed by atoms with E-state index in [0.29, 0.717) is 10.3 Å². The van der Waals surface area contributed by atoms with Crippen molar-refractivity contribution in [2.45, 2.75) is 19.3 Å². The molecule has 130 valence electrons. The smallest absolute Gasteiger partial charge is 0.137 e. The van der Waals surface area contributed by atoms with E-state index in [-0.39, 0.29) is 0 Å². The van der Waals surface area contributed by atoms with Crippen molar-refractivity contribution in [2.75, 3.05) is 0 Å². The fourth-order valence-corrected chi connectivity index (χ4v) is 3.31. The number of aromatic amines is 1. The van der Waals surface area contributed by atoms with Crippen LogP contribution < -0.4 is 0 Å². The molecule has 0 bridgehead atoms. The molecule has 0 aliphatic heterocycles. The largest absolute Gasteiger partial charge is 0.346 e. The first-order valence-electron chi connectivity index (χ1n) is 8.35. The molecule has 4 nitrogen and oxygen atoms in total. The first-order valence-corrected chi connectivity index (χ1v) is 9.10. The highest BCUT2D eigenvalue weighted by Crippen LogP contribution is 2.23. The lowest BCUT2D eigenvalue weighted by atomic mass is 10.1. The molecular weight excluding hydrogens is 367 g/mol. The summed E-state index contributed by atoms with van der Waals surface area (Å²) < 4.78 is 0. The minimum Gasteiger partial charge on any atom is -0.346 e. The van der Waals surface area contributed by atoms with Crippen molar-refractivity contribution in [1.82, 2.24) is 19.9 Å². The van der Waals surface area contributed by atoms with Crippen LogP contribution in [0.2, 0.25) is 10.3 Å². The summed E-state index contributed by atoms with van der Waals surface area (Å²) in [6.45, 7) is 0. The molecule has 0 saturated heterocycles. The van der Waals surface area contributed by atoms with Gasteiger partial charge in [-0.05, 0) is 53.8 Å². The third kappa shape index (κ3) is 3.71. The number of hydrogen-bond acceptors (Lipinski definition) is 3. The van der Waals surface area contributed by atoms with Crippen LogP contribution in [0, 0.1) is 0 Å². The van der Waals surface area contributed by atoms with E-state index >= 15 is 0 Å². The minimum atomic E-state index is 0.506. The number of pyridine rings is 3. The molecule has 0 atom stereocenters. The predicted molar refractivity (Wildman–Crippen MR) is 105 cm³/mol. The maximum Gasteiger partial charge on any atom is 0.137 e. The number of halogens is 2. The number of nitrogens with one attached hydrogen (secondary N) is 1. The number of aryl methyl sites for hydroxylation is 2. The van der Waals surface area contributed by atoms with Gasteiger partial charge in [-0.2, -0.15) is 0 Å². The average molecular weight is 383 g/mol. The number of fused-ring (bicyclic) bond motifs is 1. The molecule has 4 aromatic rings. The summed E-state index contributed by atoms with van der Waals surface area (Å²) in [5, 5.41) is 2.17. The second kappa shape index (κ2) is 7.44. The third-order valence-electron chi connectivity index (χ3n) is 4.36. The van der Waals surface area contributed by atoms with Crippen LogP contribution in [0.4, 0.5) is 0 Å². The molecule has 0 saturated carbocycles. The number of nitrogens with zero attached hydrogens (tertiary/aromatic N) is 3. The van der Waals surface area contributed by atoms with Crippen molar-refractivity contribution in [2.24, 2.45) is 0 Å². The molecule has 0 spiro atoms. The fraction of sp³-hybridized carbons (Fsp3) is 0.150. The zero-order chi connectivity index (χ0) is 17.9. The Hall–Kier alpha value is -2.43. The van der Waals surface area contributed by atoms with Gasteiger partial charge in [-0.3, -0.25) is 0 Å². The van der Waals surface area contributed by atoms with Crippen LogP contribution in [0.1, 0.15) is 22.4 Å². The van der Waals surface area contributed by atoms with Gasteiger partial charge in [0.25, 0.3) is 0 Å². The Bertz CT molecular complexity index is 1040. The van der Waals surface area contributed by atoms with E-state index in [1.54, 1.807) is 18.5 Å². The van der Waals surface area contributed by atoms with Gasteiger partial charge in [0.15, 0.2) is 0 Å². The molecule has 4 aromatic heterocycles. The summed E-state index contributed by atoms with van der Waals surface area (Å²) in [6, 6.07) is 11.9. The van der Waals surface area contributed by atoms with Gasteiger partial charge in [0.1, 0.15) is 16.0 Å². The van der Waals surface area contributed by atoms with Crippen LogP contribution in [-0.2, 0) is 19.3 Å². The zero-order valence-corrected chi connectivity index (χ0v) is 15.4. The molecular formula is C20H16Cl2N4. The third-order valence-corrected chi connectivity index (χ3v) is 4.91. The Morgan fingerprint density at radius 3 is 2.65 bits per heavy atom. The number of H-pyrrole nitrogens is 1. The second-order valence-corrected chi connectivity index (χ2v) is 6.88.